The molecule has 0 aromatic carbocycles. The fraction of sp³-hybridized carbons (Fsp3) is 1.00. The molecule has 0 bridgehead atoms. The lowest BCUT2D eigenvalue weighted by atomic mass is 9.85. The van der Waals surface area contributed by atoms with Crippen LogP contribution in [0.2, 0.25) is 0 Å². The van der Waals surface area contributed by atoms with Gasteiger partial charge in [0.25, 0.3) is 10.2 Å². The first-order valence-corrected chi connectivity index (χ1v) is 7.89. The van der Waals surface area contributed by atoms with Crippen LogP contribution in [0.5, 0.6) is 0 Å². The molecule has 6 heteroatoms. The molecule has 17 heavy (non-hydrogen) atoms. The van der Waals surface area contributed by atoms with Crippen LogP contribution >= 0.6 is 0 Å². The van der Waals surface area contributed by atoms with Crippen molar-refractivity contribution in [1.82, 2.24) is 9.03 Å². The predicted octanol–water partition coefficient (Wildman–Crippen LogP) is 0.680. The maximum absolute atomic E-state index is 12.0. The van der Waals surface area contributed by atoms with Crippen LogP contribution in [0.25, 0.3) is 0 Å². The van der Waals surface area contributed by atoms with E-state index in [0.29, 0.717) is 19.0 Å². The van der Waals surface area contributed by atoms with E-state index in [1.165, 1.54) is 4.31 Å². The summed E-state index contributed by atoms with van der Waals surface area (Å²) < 4.78 is 28.1. The molecule has 102 valence electrons. The first kappa shape index (κ1) is 14.9. The summed E-state index contributed by atoms with van der Waals surface area (Å²) in [6.07, 6.45) is 5.02. The Morgan fingerprint density at radius 3 is 2.59 bits per heavy atom. The van der Waals surface area contributed by atoms with E-state index >= 15 is 0 Å². The largest absolute Gasteiger partial charge is 0.330 e. The third-order valence-corrected chi connectivity index (χ3v) is 5.15. The van der Waals surface area contributed by atoms with E-state index < -0.39 is 10.2 Å². The average molecular weight is 263 g/mol. The summed E-state index contributed by atoms with van der Waals surface area (Å²) in [5.74, 6) is 0.298. The lowest BCUT2D eigenvalue weighted by Crippen LogP contribution is -2.49. The molecular formula is C11H25N3O2S. The van der Waals surface area contributed by atoms with Crippen molar-refractivity contribution in [2.75, 3.05) is 20.1 Å². The molecule has 2 unspecified atom stereocenters. The smallest absolute Gasteiger partial charge is 0.279 e. The Morgan fingerprint density at radius 1 is 1.35 bits per heavy atom. The maximum Gasteiger partial charge on any atom is 0.279 e. The van der Waals surface area contributed by atoms with E-state index in [-0.39, 0.29) is 6.04 Å². The first-order chi connectivity index (χ1) is 8.03. The Bertz CT molecular complexity index is 319. The fourth-order valence-corrected chi connectivity index (χ4v) is 3.75. The van der Waals surface area contributed by atoms with Gasteiger partial charge in [0.1, 0.15) is 0 Å². The normalized spacial score (nSPS) is 26.4. The molecule has 1 aliphatic rings. The van der Waals surface area contributed by atoms with E-state index in [1.807, 2.05) is 6.92 Å². The molecule has 0 aliphatic heterocycles. The van der Waals surface area contributed by atoms with Crippen molar-refractivity contribution in [3.05, 3.63) is 0 Å². The second-order valence-electron chi connectivity index (χ2n) is 4.76. The summed E-state index contributed by atoms with van der Waals surface area (Å²) in [6, 6.07) is 0.0584. The van der Waals surface area contributed by atoms with Crippen LogP contribution in [0, 0.1) is 5.92 Å². The molecule has 1 fully saturated rings. The third kappa shape index (κ3) is 3.91. The Balaban J connectivity index is 2.69. The van der Waals surface area contributed by atoms with Crippen LogP contribution in [0.3, 0.4) is 0 Å². The van der Waals surface area contributed by atoms with Gasteiger partial charge in [-0.05, 0) is 31.7 Å². The van der Waals surface area contributed by atoms with Gasteiger partial charge in [0, 0.05) is 19.6 Å². The molecule has 1 rings (SSSR count). The van der Waals surface area contributed by atoms with Crippen LogP contribution in [-0.4, -0.2) is 38.9 Å². The summed E-state index contributed by atoms with van der Waals surface area (Å²) >= 11 is 0. The van der Waals surface area contributed by atoms with Crippen molar-refractivity contribution in [1.29, 1.82) is 0 Å². The number of rotatable bonds is 6. The lowest BCUT2D eigenvalue weighted by molar-refractivity contribution is 0.203. The second kappa shape index (κ2) is 6.68. The number of nitrogens with one attached hydrogen (secondary N) is 1. The predicted molar refractivity (Wildman–Crippen MR) is 69.8 cm³/mol. The van der Waals surface area contributed by atoms with E-state index in [1.54, 1.807) is 7.05 Å². The van der Waals surface area contributed by atoms with Gasteiger partial charge in [-0.2, -0.15) is 12.7 Å². The van der Waals surface area contributed by atoms with Crippen LogP contribution in [0.4, 0.5) is 0 Å². The van der Waals surface area contributed by atoms with Gasteiger partial charge in [-0.15, -0.1) is 0 Å². The Hall–Kier alpha value is -0.170. The SMILES string of the molecule is CCCNS(=O)(=O)N(C)C1CCCCC1CN. The zero-order valence-corrected chi connectivity index (χ0v) is 11.7. The highest BCUT2D eigenvalue weighted by Crippen LogP contribution is 2.28. The van der Waals surface area contributed by atoms with E-state index in [0.717, 1.165) is 32.1 Å². The van der Waals surface area contributed by atoms with Gasteiger partial charge in [0.05, 0.1) is 0 Å². The summed E-state index contributed by atoms with van der Waals surface area (Å²) in [5, 5.41) is 0. The zero-order valence-electron chi connectivity index (χ0n) is 10.9. The Labute approximate surface area is 105 Å². The molecule has 0 aromatic rings. The average Bonchev–Trinajstić information content (AvgIpc) is 2.35. The monoisotopic (exact) mass is 263 g/mol. The molecule has 0 amide bonds. The van der Waals surface area contributed by atoms with Gasteiger partial charge in [-0.3, -0.25) is 0 Å². The van der Waals surface area contributed by atoms with E-state index in [4.69, 9.17) is 5.73 Å². The molecule has 0 spiro atoms. The zero-order chi connectivity index (χ0) is 12.9. The Morgan fingerprint density at radius 2 is 2.00 bits per heavy atom. The van der Waals surface area contributed by atoms with Crippen LogP contribution in [-0.2, 0) is 10.2 Å². The number of nitrogens with zero attached hydrogens (tertiary/aromatic N) is 1. The van der Waals surface area contributed by atoms with Gasteiger partial charge in [0.15, 0.2) is 0 Å². The van der Waals surface area contributed by atoms with Crippen molar-refractivity contribution >= 4 is 10.2 Å². The molecule has 0 radical (unpaired) electrons. The van der Waals surface area contributed by atoms with E-state index in [9.17, 15) is 8.42 Å². The maximum atomic E-state index is 12.0. The van der Waals surface area contributed by atoms with Gasteiger partial charge >= 0.3 is 0 Å². The minimum Gasteiger partial charge on any atom is -0.330 e. The Kier molecular flexibility index (Phi) is 5.85. The minimum atomic E-state index is -3.34. The molecule has 5 nitrogen and oxygen atoms in total. The van der Waals surface area contributed by atoms with Crippen LogP contribution < -0.4 is 10.5 Å². The second-order valence-corrected chi connectivity index (χ2v) is 6.58. The quantitative estimate of drug-likeness (QED) is 0.740. The lowest BCUT2D eigenvalue weighted by Gasteiger charge is -2.36. The highest BCUT2D eigenvalue weighted by atomic mass is 32.2. The minimum absolute atomic E-state index is 0.0584. The van der Waals surface area contributed by atoms with Gasteiger partial charge in [0.2, 0.25) is 0 Å². The van der Waals surface area contributed by atoms with Crippen molar-refractivity contribution in [3.8, 4) is 0 Å². The van der Waals surface area contributed by atoms with E-state index in [2.05, 4.69) is 4.72 Å². The third-order valence-electron chi connectivity index (χ3n) is 3.55. The van der Waals surface area contributed by atoms with Crippen LogP contribution in [0.15, 0.2) is 0 Å². The van der Waals surface area contributed by atoms with Gasteiger partial charge in [-0.25, -0.2) is 4.72 Å². The first-order valence-electron chi connectivity index (χ1n) is 6.45. The number of nitrogens with two attached hydrogens (primary N) is 1. The van der Waals surface area contributed by atoms with Crippen molar-refractivity contribution in [3.63, 3.8) is 0 Å². The fourth-order valence-electron chi connectivity index (χ4n) is 2.45. The molecule has 1 aliphatic carbocycles. The molecule has 0 aromatic heterocycles. The summed E-state index contributed by atoms with van der Waals surface area (Å²) in [5.41, 5.74) is 5.73. The standard InChI is InChI=1S/C11H25N3O2S/c1-3-8-13-17(15,16)14(2)11-7-5-4-6-10(11)9-12/h10-11,13H,3-9,12H2,1-2H3. The van der Waals surface area contributed by atoms with Gasteiger partial charge < -0.3 is 5.73 Å². The summed E-state index contributed by atoms with van der Waals surface area (Å²) in [4.78, 5) is 0. The molecule has 1 saturated carbocycles. The summed E-state index contributed by atoms with van der Waals surface area (Å²) in [6.45, 7) is 3.01. The number of hydrogen-bond donors (Lipinski definition) is 2. The van der Waals surface area contributed by atoms with Gasteiger partial charge in [-0.1, -0.05) is 19.8 Å². The highest BCUT2D eigenvalue weighted by Gasteiger charge is 2.33. The molecule has 0 heterocycles. The summed E-state index contributed by atoms with van der Waals surface area (Å²) in [7, 11) is -1.67. The molecule has 2 atom stereocenters. The van der Waals surface area contributed by atoms with Crippen molar-refractivity contribution < 1.29 is 8.42 Å². The van der Waals surface area contributed by atoms with Crippen LogP contribution in [0.1, 0.15) is 39.0 Å². The topological polar surface area (TPSA) is 75.4 Å². The molecule has 0 saturated heterocycles. The molecular weight excluding hydrogens is 238 g/mol. The van der Waals surface area contributed by atoms with Crippen molar-refractivity contribution in [2.45, 2.75) is 45.1 Å². The number of hydrogen-bond acceptors (Lipinski definition) is 3. The van der Waals surface area contributed by atoms with Crippen molar-refractivity contribution in [2.24, 2.45) is 11.7 Å². The highest BCUT2D eigenvalue weighted by molar-refractivity contribution is 7.87. The molecule has 3 N–H and O–H groups in total.